The maximum Gasteiger partial charge on any atom is 0.0584 e. The lowest BCUT2D eigenvalue weighted by molar-refractivity contribution is 0.106. The van der Waals surface area contributed by atoms with E-state index >= 15 is 0 Å². The van der Waals surface area contributed by atoms with E-state index in [0.717, 1.165) is 18.4 Å². The van der Waals surface area contributed by atoms with Crippen LogP contribution in [0.2, 0.25) is 0 Å². The summed E-state index contributed by atoms with van der Waals surface area (Å²) in [6, 6.07) is 0.931. The summed E-state index contributed by atoms with van der Waals surface area (Å²) in [5, 5.41) is 12.7. The Labute approximate surface area is 107 Å². The first-order chi connectivity index (χ1) is 8.12. The third-order valence-electron chi connectivity index (χ3n) is 4.58. The van der Waals surface area contributed by atoms with E-state index in [1.807, 2.05) is 0 Å². The molecule has 0 aliphatic heterocycles. The van der Waals surface area contributed by atoms with E-state index in [2.05, 4.69) is 38.2 Å². The minimum absolute atomic E-state index is 0.255. The summed E-state index contributed by atoms with van der Waals surface area (Å²) in [6.45, 7) is 5.75. The lowest BCUT2D eigenvalue weighted by Gasteiger charge is -2.39. The second kappa shape index (κ2) is 7.34. The zero-order chi connectivity index (χ0) is 12.8. The number of rotatable bonds is 6. The molecular weight excluding hydrogens is 212 g/mol. The van der Waals surface area contributed by atoms with Crippen molar-refractivity contribution in [2.75, 3.05) is 27.2 Å². The van der Waals surface area contributed by atoms with Crippen molar-refractivity contribution in [2.45, 2.75) is 51.6 Å². The van der Waals surface area contributed by atoms with Gasteiger partial charge in [-0.25, -0.2) is 0 Å². The SMILES string of the molecule is CCC1CCC(NC)C(CN(C)C(C)CO)C1. The largest absolute Gasteiger partial charge is 0.395 e. The molecule has 0 radical (unpaired) electrons. The van der Waals surface area contributed by atoms with Crippen LogP contribution in [0.3, 0.4) is 0 Å². The molecule has 3 heteroatoms. The third kappa shape index (κ3) is 4.23. The standard InChI is InChI=1S/C14H30N2O/c1-5-12-6-7-14(15-3)13(8-12)9-16(4)11(2)10-17/h11-15,17H,5-10H2,1-4H3. The highest BCUT2D eigenvalue weighted by Crippen LogP contribution is 2.31. The number of aliphatic hydroxyl groups is 1. The fourth-order valence-electron chi connectivity index (χ4n) is 3.00. The van der Waals surface area contributed by atoms with Crippen LogP contribution in [0, 0.1) is 11.8 Å². The predicted molar refractivity (Wildman–Crippen MR) is 73.1 cm³/mol. The van der Waals surface area contributed by atoms with Crippen molar-refractivity contribution in [2.24, 2.45) is 11.8 Å². The van der Waals surface area contributed by atoms with Gasteiger partial charge in [-0.1, -0.05) is 13.3 Å². The van der Waals surface area contributed by atoms with Crippen LogP contribution in [0.25, 0.3) is 0 Å². The molecule has 0 heterocycles. The third-order valence-corrected chi connectivity index (χ3v) is 4.58. The molecule has 1 aliphatic carbocycles. The second-order valence-electron chi connectivity index (χ2n) is 5.71. The van der Waals surface area contributed by atoms with Gasteiger partial charge >= 0.3 is 0 Å². The number of hydrogen-bond acceptors (Lipinski definition) is 3. The number of aliphatic hydroxyl groups excluding tert-OH is 1. The van der Waals surface area contributed by atoms with Gasteiger partial charge < -0.3 is 15.3 Å². The molecule has 0 spiro atoms. The molecule has 0 aromatic rings. The average Bonchev–Trinajstić information content (AvgIpc) is 2.37. The number of nitrogens with one attached hydrogen (secondary N) is 1. The van der Waals surface area contributed by atoms with E-state index in [9.17, 15) is 5.11 Å². The van der Waals surface area contributed by atoms with Crippen LogP contribution in [0.5, 0.6) is 0 Å². The first kappa shape index (κ1) is 14.9. The molecule has 1 aliphatic rings. The van der Waals surface area contributed by atoms with Crippen molar-refractivity contribution in [1.82, 2.24) is 10.2 Å². The summed E-state index contributed by atoms with van der Waals surface area (Å²) >= 11 is 0. The van der Waals surface area contributed by atoms with Crippen molar-refractivity contribution in [1.29, 1.82) is 0 Å². The van der Waals surface area contributed by atoms with Gasteiger partial charge in [-0.2, -0.15) is 0 Å². The number of nitrogens with zero attached hydrogens (tertiary/aromatic N) is 1. The van der Waals surface area contributed by atoms with E-state index < -0.39 is 0 Å². The maximum absolute atomic E-state index is 9.20. The highest BCUT2D eigenvalue weighted by molar-refractivity contribution is 4.85. The van der Waals surface area contributed by atoms with Crippen LogP contribution in [0.1, 0.15) is 39.5 Å². The Morgan fingerprint density at radius 1 is 1.41 bits per heavy atom. The normalized spacial score (nSPS) is 31.8. The van der Waals surface area contributed by atoms with Gasteiger partial charge in [-0.15, -0.1) is 0 Å². The molecular formula is C14H30N2O. The zero-order valence-electron chi connectivity index (χ0n) is 11.9. The highest BCUT2D eigenvalue weighted by atomic mass is 16.3. The van der Waals surface area contributed by atoms with Crippen LogP contribution in [0.4, 0.5) is 0 Å². The van der Waals surface area contributed by atoms with Gasteiger partial charge in [0.15, 0.2) is 0 Å². The topological polar surface area (TPSA) is 35.5 Å². The summed E-state index contributed by atoms with van der Waals surface area (Å²) in [5.74, 6) is 1.64. The average molecular weight is 242 g/mol. The number of hydrogen-bond donors (Lipinski definition) is 2. The van der Waals surface area contributed by atoms with E-state index in [0.29, 0.717) is 6.04 Å². The van der Waals surface area contributed by atoms with E-state index in [1.54, 1.807) is 0 Å². The Bertz CT molecular complexity index is 210. The highest BCUT2D eigenvalue weighted by Gasteiger charge is 2.30. The van der Waals surface area contributed by atoms with Crippen LogP contribution >= 0.6 is 0 Å². The first-order valence-electron chi connectivity index (χ1n) is 7.10. The van der Waals surface area contributed by atoms with Crippen molar-refractivity contribution in [3.8, 4) is 0 Å². The summed E-state index contributed by atoms with van der Waals surface area (Å²) in [4.78, 5) is 2.30. The lowest BCUT2D eigenvalue weighted by atomic mass is 9.76. The fraction of sp³-hybridized carbons (Fsp3) is 1.00. The van der Waals surface area contributed by atoms with Gasteiger partial charge in [-0.05, 0) is 52.1 Å². The van der Waals surface area contributed by atoms with E-state index in [1.165, 1.54) is 25.7 Å². The van der Waals surface area contributed by atoms with Crippen LogP contribution < -0.4 is 5.32 Å². The molecule has 1 fully saturated rings. The van der Waals surface area contributed by atoms with Crippen molar-refractivity contribution in [3.05, 3.63) is 0 Å². The predicted octanol–water partition coefficient (Wildman–Crippen LogP) is 1.71. The molecule has 0 aromatic heterocycles. The molecule has 102 valence electrons. The molecule has 1 saturated carbocycles. The Kier molecular flexibility index (Phi) is 6.45. The molecule has 4 unspecified atom stereocenters. The molecule has 17 heavy (non-hydrogen) atoms. The molecule has 3 nitrogen and oxygen atoms in total. The summed E-state index contributed by atoms with van der Waals surface area (Å²) < 4.78 is 0. The van der Waals surface area contributed by atoms with Gasteiger partial charge in [0.05, 0.1) is 6.61 Å². The van der Waals surface area contributed by atoms with Crippen molar-refractivity contribution >= 4 is 0 Å². The van der Waals surface area contributed by atoms with Gasteiger partial charge in [0.2, 0.25) is 0 Å². The molecule has 0 saturated heterocycles. The van der Waals surface area contributed by atoms with Gasteiger partial charge in [-0.3, -0.25) is 0 Å². The first-order valence-corrected chi connectivity index (χ1v) is 7.10. The smallest absolute Gasteiger partial charge is 0.0584 e. The molecule has 0 amide bonds. The van der Waals surface area contributed by atoms with Gasteiger partial charge in [0.25, 0.3) is 0 Å². The van der Waals surface area contributed by atoms with E-state index in [-0.39, 0.29) is 12.6 Å². The summed E-state index contributed by atoms with van der Waals surface area (Å²) in [7, 11) is 4.21. The maximum atomic E-state index is 9.20. The van der Waals surface area contributed by atoms with Crippen LogP contribution in [-0.4, -0.2) is 49.3 Å². The Balaban J connectivity index is 2.51. The monoisotopic (exact) mass is 242 g/mol. The van der Waals surface area contributed by atoms with Crippen molar-refractivity contribution in [3.63, 3.8) is 0 Å². The zero-order valence-corrected chi connectivity index (χ0v) is 11.9. The minimum Gasteiger partial charge on any atom is -0.395 e. The Hall–Kier alpha value is -0.120. The quantitative estimate of drug-likeness (QED) is 0.744. The minimum atomic E-state index is 0.255. The molecule has 1 rings (SSSR count). The summed E-state index contributed by atoms with van der Waals surface area (Å²) in [5.41, 5.74) is 0. The molecule has 0 aromatic carbocycles. The molecule has 4 atom stereocenters. The Morgan fingerprint density at radius 3 is 2.65 bits per heavy atom. The molecule has 0 bridgehead atoms. The number of likely N-dealkylation sites (N-methyl/N-ethyl adjacent to an activating group) is 1. The van der Waals surface area contributed by atoms with Gasteiger partial charge in [0.1, 0.15) is 0 Å². The fourth-order valence-corrected chi connectivity index (χ4v) is 3.00. The Morgan fingerprint density at radius 2 is 2.12 bits per heavy atom. The van der Waals surface area contributed by atoms with E-state index in [4.69, 9.17) is 0 Å². The lowest BCUT2D eigenvalue weighted by Crippen LogP contribution is -2.46. The molecule has 2 N–H and O–H groups in total. The van der Waals surface area contributed by atoms with Crippen LogP contribution in [-0.2, 0) is 0 Å². The van der Waals surface area contributed by atoms with Gasteiger partial charge in [0, 0.05) is 18.6 Å². The summed E-state index contributed by atoms with van der Waals surface area (Å²) in [6.07, 6.45) is 5.33. The van der Waals surface area contributed by atoms with Crippen molar-refractivity contribution < 1.29 is 5.11 Å². The second-order valence-corrected chi connectivity index (χ2v) is 5.71. The van der Waals surface area contributed by atoms with Crippen LogP contribution in [0.15, 0.2) is 0 Å².